The molecule has 0 saturated carbocycles. The predicted molar refractivity (Wildman–Crippen MR) is 71.4 cm³/mol. The molecule has 0 bridgehead atoms. The van der Waals surface area contributed by atoms with E-state index >= 15 is 0 Å². The number of nitrogens with zero attached hydrogens (tertiary/aromatic N) is 2. The van der Waals surface area contributed by atoms with Gasteiger partial charge < -0.3 is 15.0 Å². The molecule has 0 aliphatic carbocycles. The van der Waals surface area contributed by atoms with E-state index in [4.69, 9.17) is 4.74 Å². The Labute approximate surface area is 104 Å². The molecule has 0 radical (unpaired) electrons. The first-order chi connectivity index (χ1) is 8.20. The number of likely N-dealkylation sites (N-methyl/N-ethyl adjacent to an activating group) is 1. The lowest BCUT2D eigenvalue weighted by molar-refractivity contribution is 0.183. The number of aromatic nitrogens is 1. The highest BCUT2D eigenvalue weighted by atomic mass is 16.5. The molecule has 17 heavy (non-hydrogen) atoms. The van der Waals surface area contributed by atoms with E-state index in [1.807, 2.05) is 12.4 Å². The number of hydrogen-bond donors (Lipinski definition) is 1. The van der Waals surface area contributed by atoms with Gasteiger partial charge in [-0.2, -0.15) is 0 Å². The summed E-state index contributed by atoms with van der Waals surface area (Å²) in [6.07, 6.45) is 3.75. The highest BCUT2D eigenvalue weighted by molar-refractivity contribution is 5.51. The normalized spacial score (nSPS) is 12.5. The van der Waals surface area contributed by atoms with Gasteiger partial charge >= 0.3 is 0 Å². The maximum Gasteiger partial charge on any atom is 0.0663 e. The van der Waals surface area contributed by atoms with Gasteiger partial charge in [-0.25, -0.2) is 0 Å². The third-order valence-electron chi connectivity index (χ3n) is 2.90. The maximum absolute atomic E-state index is 5.19. The molecule has 4 heteroatoms. The quantitative estimate of drug-likeness (QED) is 0.782. The average molecular weight is 237 g/mol. The Morgan fingerprint density at radius 2 is 2.29 bits per heavy atom. The number of anilines is 1. The lowest BCUT2D eigenvalue weighted by atomic mass is 10.2. The summed E-state index contributed by atoms with van der Waals surface area (Å²) >= 11 is 0. The van der Waals surface area contributed by atoms with E-state index in [2.05, 4.69) is 42.2 Å². The van der Waals surface area contributed by atoms with Crippen molar-refractivity contribution in [3.05, 3.63) is 24.0 Å². The number of hydrogen-bond acceptors (Lipinski definition) is 4. The van der Waals surface area contributed by atoms with Crippen LogP contribution >= 0.6 is 0 Å². The standard InChI is InChI=1S/C13H23N3O/c1-5-14-8-12-6-7-15-9-13(12)16(3)11(2)10-17-4/h6-7,9,11,14H,5,8,10H2,1-4H3. The second kappa shape index (κ2) is 7.25. The molecule has 1 heterocycles. The molecular weight excluding hydrogens is 214 g/mol. The molecule has 1 aromatic rings. The van der Waals surface area contributed by atoms with Crippen LogP contribution < -0.4 is 10.2 Å². The van der Waals surface area contributed by atoms with Crippen molar-refractivity contribution in [2.45, 2.75) is 26.4 Å². The number of methoxy groups -OCH3 is 1. The topological polar surface area (TPSA) is 37.4 Å². The molecule has 96 valence electrons. The molecule has 1 N–H and O–H groups in total. The summed E-state index contributed by atoms with van der Waals surface area (Å²) in [5.74, 6) is 0. The molecule has 1 unspecified atom stereocenters. The zero-order valence-electron chi connectivity index (χ0n) is 11.2. The van der Waals surface area contributed by atoms with Gasteiger partial charge in [-0.05, 0) is 25.1 Å². The lowest BCUT2D eigenvalue weighted by Gasteiger charge is -2.28. The van der Waals surface area contributed by atoms with Gasteiger partial charge in [-0.1, -0.05) is 6.92 Å². The van der Waals surface area contributed by atoms with E-state index in [9.17, 15) is 0 Å². The van der Waals surface area contributed by atoms with Crippen molar-refractivity contribution in [2.24, 2.45) is 0 Å². The first kappa shape index (κ1) is 13.9. The minimum Gasteiger partial charge on any atom is -0.383 e. The van der Waals surface area contributed by atoms with Crippen LogP contribution in [0.1, 0.15) is 19.4 Å². The molecule has 1 aromatic heterocycles. The van der Waals surface area contributed by atoms with Crippen molar-refractivity contribution < 1.29 is 4.74 Å². The molecule has 0 aromatic carbocycles. The average Bonchev–Trinajstić information content (AvgIpc) is 2.36. The number of nitrogens with one attached hydrogen (secondary N) is 1. The van der Waals surface area contributed by atoms with E-state index in [-0.39, 0.29) is 0 Å². The minimum absolute atomic E-state index is 0.338. The molecule has 0 aliphatic heterocycles. The van der Waals surface area contributed by atoms with Crippen LogP contribution in [0.3, 0.4) is 0 Å². The Hall–Kier alpha value is -1.13. The van der Waals surface area contributed by atoms with Crippen molar-refractivity contribution in [2.75, 3.05) is 32.2 Å². The summed E-state index contributed by atoms with van der Waals surface area (Å²) in [6, 6.07) is 2.40. The van der Waals surface area contributed by atoms with E-state index in [1.54, 1.807) is 7.11 Å². The summed E-state index contributed by atoms with van der Waals surface area (Å²) in [6.45, 7) is 6.81. The highest BCUT2D eigenvalue weighted by Crippen LogP contribution is 2.19. The van der Waals surface area contributed by atoms with Gasteiger partial charge in [0.05, 0.1) is 18.5 Å². The Morgan fingerprint density at radius 1 is 1.53 bits per heavy atom. The van der Waals surface area contributed by atoms with E-state index < -0.39 is 0 Å². The largest absolute Gasteiger partial charge is 0.383 e. The zero-order chi connectivity index (χ0) is 12.7. The van der Waals surface area contributed by atoms with E-state index in [0.29, 0.717) is 12.6 Å². The van der Waals surface area contributed by atoms with Crippen LogP contribution in [0.2, 0.25) is 0 Å². The van der Waals surface area contributed by atoms with Crippen molar-refractivity contribution in [1.29, 1.82) is 0 Å². The van der Waals surface area contributed by atoms with Gasteiger partial charge in [-0.3, -0.25) is 4.98 Å². The zero-order valence-corrected chi connectivity index (χ0v) is 11.2. The number of rotatable bonds is 7. The summed E-state index contributed by atoms with van der Waals surface area (Å²) in [7, 11) is 3.81. The SMILES string of the molecule is CCNCc1ccncc1N(C)C(C)COC. The fourth-order valence-electron chi connectivity index (χ4n) is 1.73. The lowest BCUT2D eigenvalue weighted by Crippen LogP contribution is -2.33. The molecule has 1 atom stereocenters. The molecule has 0 saturated heterocycles. The Morgan fingerprint density at radius 3 is 2.94 bits per heavy atom. The second-order valence-electron chi connectivity index (χ2n) is 4.20. The van der Waals surface area contributed by atoms with Crippen molar-refractivity contribution in [1.82, 2.24) is 10.3 Å². The number of pyridine rings is 1. The second-order valence-corrected chi connectivity index (χ2v) is 4.20. The first-order valence-corrected chi connectivity index (χ1v) is 6.06. The fourth-order valence-corrected chi connectivity index (χ4v) is 1.73. The predicted octanol–water partition coefficient (Wildman–Crippen LogP) is 1.66. The fraction of sp³-hybridized carbons (Fsp3) is 0.615. The monoisotopic (exact) mass is 237 g/mol. The van der Waals surface area contributed by atoms with Gasteiger partial charge in [0, 0.05) is 32.9 Å². The first-order valence-electron chi connectivity index (χ1n) is 6.06. The Balaban J connectivity index is 2.80. The molecule has 4 nitrogen and oxygen atoms in total. The highest BCUT2D eigenvalue weighted by Gasteiger charge is 2.13. The van der Waals surface area contributed by atoms with Crippen LogP contribution in [-0.4, -0.2) is 38.3 Å². The minimum atomic E-state index is 0.338. The number of ether oxygens (including phenoxy) is 1. The third kappa shape index (κ3) is 3.98. The van der Waals surface area contributed by atoms with Crippen LogP contribution in [0.15, 0.2) is 18.5 Å². The molecule has 0 spiro atoms. The third-order valence-corrected chi connectivity index (χ3v) is 2.90. The Kier molecular flexibility index (Phi) is 5.94. The van der Waals surface area contributed by atoms with Crippen LogP contribution in [0.4, 0.5) is 5.69 Å². The van der Waals surface area contributed by atoms with Crippen LogP contribution in [0, 0.1) is 0 Å². The molecule has 1 rings (SSSR count). The summed E-state index contributed by atoms with van der Waals surface area (Å²) in [4.78, 5) is 6.42. The smallest absolute Gasteiger partial charge is 0.0663 e. The summed E-state index contributed by atoms with van der Waals surface area (Å²) < 4.78 is 5.19. The van der Waals surface area contributed by atoms with Gasteiger partial charge in [0.2, 0.25) is 0 Å². The van der Waals surface area contributed by atoms with Gasteiger partial charge in [-0.15, -0.1) is 0 Å². The van der Waals surface area contributed by atoms with Crippen molar-refractivity contribution in [3.63, 3.8) is 0 Å². The summed E-state index contributed by atoms with van der Waals surface area (Å²) in [5.41, 5.74) is 2.44. The van der Waals surface area contributed by atoms with Crippen molar-refractivity contribution in [3.8, 4) is 0 Å². The van der Waals surface area contributed by atoms with Crippen LogP contribution in [0.25, 0.3) is 0 Å². The van der Waals surface area contributed by atoms with Crippen LogP contribution in [0.5, 0.6) is 0 Å². The summed E-state index contributed by atoms with van der Waals surface area (Å²) in [5, 5.41) is 3.35. The van der Waals surface area contributed by atoms with Gasteiger partial charge in [0.25, 0.3) is 0 Å². The molecule has 0 aliphatic rings. The van der Waals surface area contributed by atoms with Gasteiger partial charge in [0.1, 0.15) is 0 Å². The maximum atomic E-state index is 5.19. The van der Waals surface area contributed by atoms with E-state index in [0.717, 1.165) is 18.8 Å². The molecule has 0 amide bonds. The molecular formula is C13H23N3O. The van der Waals surface area contributed by atoms with Crippen LogP contribution in [-0.2, 0) is 11.3 Å². The van der Waals surface area contributed by atoms with E-state index in [1.165, 1.54) is 5.56 Å². The van der Waals surface area contributed by atoms with Gasteiger partial charge in [0.15, 0.2) is 0 Å². The molecule has 0 fully saturated rings. The Bertz CT molecular complexity index is 330. The van der Waals surface area contributed by atoms with Crippen molar-refractivity contribution >= 4 is 5.69 Å².